The molecule has 0 spiro atoms. The average molecular weight is 572 g/mol. The van der Waals surface area contributed by atoms with E-state index in [0.29, 0.717) is 50.8 Å². The maximum atomic E-state index is 14.0. The Labute approximate surface area is 240 Å². The van der Waals surface area contributed by atoms with Crippen LogP contribution in [0.15, 0.2) is 53.1 Å². The van der Waals surface area contributed by atoms with Gasteiger partial charge in [0.25, 0.3) is 5.91 Å². The highest BCUT2D eigenvalue weighted by atomic mass is 32.2. The molecule has 4 heterocycles. The second-order valence-corrected chi connectivity index (χ2v) is 11.6. The summed E-state index contributed by atoms with van der Waals surface area (Å²) in [4.78, 5) is 36.7. The molecular formula is C30H29N5O5S. The minimum Gasteiger partial charge on any atom is -0.463 e. The van der Waals surface area contributed by atoms with Gasteiger partial charge in [0.15, 0.2) is 17.1 Å². The number of ether oxygens (including phenoxy) is 3. The van der Waals surface area contributed by atoms with E-state index in [2.05, 4.69) is 5.32 Å². The Bertz CT molecular complexity index is 1750. The van der Waals surface area contributed by atoms with E-state index in [4.69, 9.17) is 29.9 Å². The van der Waals surface area contributed by atoms with Crippen LogP contribution in [0.4, 0.5) is 5.82 Å². The number of aromatic nitrogens is 3. The number of amides is 1. The zero-order chi connectivity index (χ0) is 28.1. The van der Waals surface area contributed by atoms with Gasteiger partial charge in [0.2, 0.25) is 6.79 Å². The standard InChI is InChI=1S/C30H29N5O5S/c1-2-38-30(37)23-17-7-3-6-10-22(17)41-29(23)34-28(36)24-25-27(33-19-9-5-4-8-18(19)32-25)35(26(24)31)14-16-11-12-20-21(13-16)40-15-39-20/h4-5,8-9,11-13,17,22H,2-3,6-7,10,14-15,31H2,1H3,(H,34,36)/t17-,22+/m0/s1. The van der Waals surface area contributed by atoms with Crippen molar-refractivity contribution >= 4 is 51.7 Å². The van der Waals surface area contributed by atoms with Crippen molar-refractivity contribution in [2.75, 3.05) is 19.1 Å². The zero-order valence-electron chi connectivity index (χ0n) is 22.5. The molecule has 11 heteroatoms. The third kappa shape index (κ3) is 4.44. The lowest BCUT2D eigenvalue weighted by Crippen LogP contribution is -2.26. The molecule has 1 amide bonds. The number of anilines is 1. The molecular weight excluding hydrogens is 542 g/mol. The van der Waals surface area contributed by atoms with Gasteiger partial charge < -0.3 is 29.8 Å². The second kappa shape index (κ2) is 10.3. The summed E-state index contributed by atoms with van der Waals surface area (Å²) in [6, 6.07) is 13.2. The number of benzene rings is 2. The van der Waals surface area contributed by atoms with Gasteiger partial charge in [-0.25, -0.2) is 14.8 Å². The van der Waals surface area contributed by atoms with Gasteiger partial charge in [-0.05, 0) is 49.6 Å². The van der Waals surface area contributed by atoms with Crippen molar-refractivity contribution in [3.05, 3.63) is 64.2 Å². The van der Waals surface area contributed by atoms with Crippen molar-refractivity contribution < 1.29 is 23.8 Å². The number of fused-ring (bicyclic) bond motifs is 4. The van der Waals surface area contributed by atoms with Gasteiger partial charge in [-0.15, -0.1) is 11.8 Å². The summed E-state index contributed by atoms with van der Waals surface area (Å²) in [7, 11) is 0. The number of nitrogens with two attached hydrogens (primary N) is 1. The molecule has 2 atom stereocenters. The summed E-state index contributed by atoms with van der Waals surface area (Å²) in [5.74, 6) is 0.856. The number of hydrogen-bond donors (Lipinski definition) is 2. The number of hydrogen-bond acceptors (Lipinski definition) is 9. The summed E-state index contributed by atoms with van der Waals surface area (Å²) < 4.78 is 18.2. The van der Waals surface area contributed by atoms with Crippen LogP contribution in [0.2, 0.25) is 0 Å². The van der Waals surface area contributed by atoms with Gasteiger partial charge >= 0.3 is 5.97 Å². The lowest BCUT2D eigenvalue weighted by molar-refractivity contribution is -0.139. The van der Waals surface area contributed by atoms with Crippen LogP contribution in [0.5, 0.6) is 11.5 Å². The lowest BCUT2D eigenvalue weighted by Gasteiger charge is -2.25. The third-order valence-corrected chi connectivity index (χ3v) is 9.33. The molecule has 0 saturated heterocycles. The minimum absolute atomic E-state index is 0.0662. The van der Waals surface area contributed by atoms with Gasteiger partial charge in [-0.3, -0.25) is 4.79 Å². The molecule has 210 valence electrons. The van der Waals surface area contributed by atoms with E-state index >= 15 is 0 Å². The fourth-order valence-electron chi connectivity index (χ4n) is 5.99. The molecule has 3 N–H and O–H groups in total. The molecule has 1 saturated carbocycles. The van der Waals surface area contributed by atoms with Crippen molar-refractivity contribution in [2.24, 2.45) is 5.92 Å². The first kappa shape index (κ1) is 25.7. The highest BCUT2D eigenvalue weighted by molar-refractivity contribution is 8.04. The number of thioether (sulfide) groups is 1. The molecule has 2 aliphatic heterocycles. The molecule has 7 rings (SSSR count). The third-order valence-electron chi connectivity index (χ3n) is 7.91. The highest BCUT2D eigenvalue weighted by Gasteiger charge is 2.42. The van der Waals surface area contributed by atoms with Crippen molar-refractivity contribution in [3.8, 4) is 11.5 Å². The zero-order valence-corrected chi connectivity index (χ0v) is 23.3. The minimum atomic E-state index is -0.426. The smallest absolute Gasteiger partial charge is 0.336 e. The van der Waals surface area contributed by atoms with E-state index in [1.807, 2.05) is 42.5 Å². The summed E-state index contributed by atoms with van der Waals surface area (Å²) in [5.41, 5.74) is 10.7. The van der Waals surface area contributed by atoms with Gasteiger partial charge in [0.1, 0.15) is 16.9 Å². The van der Waals surface area contributed by atoms with E-state index in [0.717, 1.165) is 31.2 Å². The number of rotatable bonds is 6. The van der Waals surface area contributed by atoms with Gasteiger partial charge in [-0.1, -0.05) is 31.0 Å². The van der Waals surface area contributed by atoms with Crippen LogP contribution in [-0.4, -0.2) is 45.1 Å². The largest absolute Gasteiger partial charge is 0.463 e. The number of nitrogens with zero attached hydrogens (tertiary/aromatic N) is 3. The quantitative estimate of drug-likeness (QED) is 0.315. The van der Waals surface area contributed by atoms with E-state index < -0.39 is 5.91 Å². The Balaban J connectivity index is 1.31. The number of nitrogen functional groups attached to an aromatic ring is 1. The van der Waals surface area contributed by atoms with Crippen LogP contribution in [0.3, 0.4) is 0 Å². The Kier molecular flexibility index (Phi) is 6.45. The fraction of sp³-hybridized carbons (Fsp3) is 0.333. The van der Waals surface area contributed by atoms with Crippen LogP contribution in [-0.2, 0) is 16.1 Å². The molecule has 1 aliphatic carbocycles. The molecule has 4 aromatic rings. The fourth-order valence-corrected chi connectivity index (χ4v) is 7.53. The van der Waals surface area contributed by atoms with E-state index in [9.17, 15) is 9.59 Å². The van der Waals surface area contributed by atoms with Gasteiger partial charge in [0.05, 0.1) is 34.8 Å². The molecule has 0 radical (unpaired) electrons. The summed E-state index contributed by atoms with van der Waals surface area (Å²) >= 11 is 1.55. The number of carbonyl (C=O) groups is 2. The van der Waals surface area contributed by atoms with E-state index in [1.165, 1.54) is 0 Å². The van der Waals surface area contributed by atoms with Crippen LogP contribution < -0.4 is 20.5 Å². The maximum absolute atomic E-state index is 14.0. The number of esters is 1. The van der Waals surface area contributed by atoms with E-state index in [1.54, 1.807) is 23.3 Å². The molecule has 41 heavy (non-hydrogen) atoms. The second-order valence-electron chi connectivity index (χ2n) is 10.4. The van der Waals surface area contributed by atoms with Gasteiger partial charge in [0, 0.05) is 11.2 Å². The molecule has 2 aromatic heterocycles. The number of para-hydroxylation sites is 2. The Morgan fingerprint density at radius 3 is 2.71 bits per heavy atom. The molecule has 1 fully saturated rings. The Morgan fingerprint density at radius 2 is 1.88 bits per heavy atom. The van der Waals surface area contributed by atoms with Crippen LogP contribution in [0, 0.1) is 5.92 Å². The first-order chi connectivity index (χ1) is 20.0. The first-order valence-corrected chi connectivity index (χ1v) is 14.7. The highest BCUT2D eigenvalue weighted by Crippen LogP contribution is 2.48. The molecule has 3 aliphatic rings. The Hall–Kier alpha value is -4.25. The molecule has 0 unspecified atom stereocenters. The van der Waals surface area contributed by atoms with E-state index in [-0.39, 0.29) is 41.9 Å². The summed E-state index contributed by atoms with van der Waals surface area (Å²) in [6.45, 7) is 2.58. The molecule has 10 nitrogen and oxygen atoms in total. The average Bonchev–Trinajstić information content (AvgIpc) is 3.66. The predicted octanol–water partition coefficient (Wildman–Crippen LogP) is 4.75. The topological polar surface area (TPSA) is 131 Å². The summed E-state index contributed by atoms with van der Waals surface area (Å²) in [6.07, 6.45) is 4.05. The van der Waals surface area contributed by atoms with Crippen molar-refractivity contribution in [1.29, 1.82) is 0 Å². The van der Waals surface area contributed by atoms with Crippen LogP contribution in [0.25, 0.3) is 22.2 Å². The van der Waals surface area contributed by atoms with Crippen LogP contribution in [0.1, 0.15) is 48.5 Å². The number of carbonyl (C=O) groups excluding carboxylic acids is 2. The first-order valence-electron chi connectivity index (χ1n) is 13.8. The van der Waals surface area contributed by atoms with Gasteiger partial charge in [-0.2, -0.15) is 0 Å². The monoisotopic (exact) mass is 571 g/mol. The lowest BCUT2D eigenvalue weighted by atomic mass is 9.84. The SMILES string of the molecule is CCOC(=O)C1=C(NC(=O)c2c(N)n(Cc3ccc4c(c3)OCO4)c3nc4ccccc4nc23)S[C@@H]2CCCC[C@H]12. The Morgan fingerprint density at radius 1 is 1.10 bits per heavy atom. The van der Waals surface area contributed by atoms with Crippen LogP contribution >= 0.6 is 11.8 Å². The molecule has 2 aromatic carbocycles. The van der Waals surface area contributed by atoms with Crippen molar-refractivity contribution in [2.45, 2.75) is 44.4 Å². The molecule has 0 bridgehead atoms. The van der Waals surface area contributed by atoms with Crippen molar-refractivity contribution in [3.63, 3.8) is 0 Å². The number of nitrogens with one attached hydrogen (secondary N) is 1. The normalized spacial score (nSPS) is 19.5. The maximum Gasteiger partial charge on any atom is 0.336 e. The predicted molar refractivity (Wildman–Crippen MR) is 156 cm³/mol. The summed E-state index contributed by atoms with van der Waals surface area (Å²) in [5, 5.41) is 3.83. The van der Waals surface area contributed by atoms with Crippen molar-refractivity contribution in [1.82, 2.24) is 19.9 Å².